The van der Waals surface area contributed by atoms with Crippen molar-refractivity contribution in [1.29, 1.82) is 0 Å². The lowest BCUT2D eigenvalue weighted by atomic mass is 10.1. The molecule has 0 spiro atoms. The molecule has 1 unspecified atom stereocenters. The van der Waals surface area contributed by atoms with Crippen molar-refractivity contribution in [2.45, 2.75) is 12.6 Å². The second-order valence-electron chi connectivity index (χ2n) is 4.40. The van der Waals surface area contributed by atoms with Crippen LogP contribution in [-0.4, -0.2) is 23.5 Å². The van der Waals surface area contributed by atoms with Crippen molar-refractivity contribution in [2.24, 2.45) is 5.73 Å². The minimum atomic E-state index is 0.230. The maximum atomic E-state index is 5.90. The Kier molecular flexibility index (Phi) is 4.45. The second kappa shape index (κ2) is 6.28. The van der Waals surface area contributed by atoms with Gasteiger partial charge in [-0.05, 0) is 24.7 Å². The van der Waals surface area contributed by atoms with Gasteiger partial charge in [-0.1, -0.05) is 36.4 Å². The molecular weight excluding hydrogens is 222 g/mol. The number of nitrogens with zero attached hydrogens (tertiary/aromatic N) is 2. The summed E-state index contributed by atoms with van der Waals surface area (Å²) in [6.45, 7) is 1.41. The van der Waals surface area contributed by atoms with Crippen molar-refractivity contribution in [1.82, 2.24) is 9.88 Å². The Morgan fingerprint density at radius 3 is 2.44 bits per heavy atom. The molecule has 0 saturated heterocycles. The first-order valence-corrected chi connectivity index (χ1v) is 6.16. The molecule has 1 atom stereocenters. The Hall–Kier alpha value is -1.71. The average Bonchev–Trinajstić information content (AvgIpc) is 2.42. The molecule has 1 aromatic carbocycles. The molecule has 0 aliphatic carbocycles. The Bertz CT molecular complexity index is 456. The number of hydrogen-bond donors (Lipinski definition) is 1. The fraction of sp³-hybridized carbons (Fsp3) is 0.267. The number of benzene rings is 1. The molecule has 0 radical (unpaired) electrons. The van der Waals surface area contributed by atoms with Crippen molar-refractivity contribution >= 4 is 0 Å². The average molecular weight is 241 g/mol. The van der Waals surface area contributed by atoms with Crippen molar-refractivity contribution in [3.8, 4) is 0 Å². The number of likely N-dealkylation sites (N-methyl/N-ethyl adjacent to an activating group) is 1. The molecule has 3 nitrogen and oxygen atoms in total. The molecule has 2 N–H and O–H groups in total. The van der Waals surface area contributed by atoms with Gasteiger partial charge < -0.3 is 5.73 Å². The summed E-state index contributed by atoms with van der Waals surface area (Å²) >= 11 is 0. The predicted molar refractivity (Wildman–Crippen MR) is 73.9 cm³/mol. The monoisotopic (exact) mass is 241 g/mol. The zero-order valence-corrected chi connectivity index (χ0v) is 10.7. The molecule has 94 valence electrons. The van der Waals surface area contributed by atoms with Crippen LogP contribution >= 0.6 is 0 Å². The van der Waals surface area contributed by atoms with Gasteiger partial charge in [0.15, 0.2) is 0 Å². The molecule has 2 aromatic rings. The third-order valence-electron chi connectivity index (χ3n) is 3.08. The lowest BCUT2D eigenvalue weighted by molar-refractivity contribution is 0.239. The van der Waals surface area contributed by atoms with Crippen LogP contribution in [0.5, 0.6) is 0 Å². The SMILES string of the molecule is CN(Cc1ccccn1)C(CN)c1ccccc1. The van der Waals surface area contributed by atoms with E-state index >= 15 is 0 Å². The molecule has 0 saturated carbocycles. The van der Waals surface area contributed by atoms with E-state index in [2.05, 4.69) is 29.1 Å². The van der Waals surface area contributed by atoms with Gasteiger partial charge in [-0.15, -0.1) is 0 Å². The van der Waals surface area contributed by atoms with Gasteiger partial charge in [-0.25, -0.2) is 0 Å². The summed E-state index contributed by atoms with van der Waals surface area (Å²) in [6.07, 6.45) is 1.82. The Labute approximate surface area is 108 Å². The summed E-state index contributed by atoms with van der Waals surface area (Å²) in [7, 11) is 2.08. The van der Waals surface area contributed by atoms with E-state index < -0.39 is 0 Å². The molecule has 0 aliphatic rings. The molecule has 0 aliphatic heterocycles. The highest BCUT2D eigenvalue weighted by molar-refractivity contribution is 5.19. The summed E-state index contributed by atoms with van der Waals surface area (Å²) in [5.41, 5.74) is 8.21. The van der Waals surface area contributed by atoms with E-state index in [1.807, 2.05) is 42.6 Å². The Morgan fingerprint density at radius 2 is 1.83 bits per heavy atom. The highest BCUT2D eigenvalue weighted by Crippen LogP contribution is 2.19. The standard InChI is InChI=1S/C15H19N3/c1-18(12-14-9-5-6-10-17-14)15(11-16)13-7-3-2-4-8-13/h2-10,15H,11-12,16H2,1H3. The zero-order valence-electron chi connectivity index (χ0n) is 10.7. The zero-order chi connectivity index (χ0) is 12.8. The van der Waals surface area contributed by atoms with E-state index in [1.54, 1.807) is 0 Å². The van der Waals surface area contributed by atoms with Gasteiger partial charge in [0.2, 0.25) is 0 Å². The third-order valence-corrected chi connectivity index (χ3v) is 3.08. The molecule has 2 rings (SSSR count). The Morgan fingerprint density at radius 1 is 1.11 bits per heavy atom. The molecule has 0 amide bonds. The van der Waals surface area contributed by atoms with Gasteiger partial charge in [0.1, 0.15) is 0 Å². The predicted octanol–water partition coefficient (Wildman–Crippen LogP) is 2.21. The molecular formula is C15H19N3. The number of pyridine rings is 1. The van der Waals surface area contributed by atoms with Crippen LogP contribution in [0.2, 0.25) is 0 Å². The third kappa shape index (κ3) is 3.15. The normalized spacial score (nSPS) is 12.6. The summed E-state index contributed by atoms with van der Waals surface area (Å²) < 4.78 is 0. The summed E-state index contributed by atoms with van der Waals surface area (Å²) in [5, 5.41) is 0. The summed E-state index contributed by atoms with van der Waals surface area (Å²) in [4.78, 5) is 6.58. The fourth-order valence-electron chi connectivity index (χ4n) is 2.10. The lowest BCUT2D eigenvalue weighted by Gasteiger charge is -2.27. The molecule has 18 heavy (non-hydrogen) atoms. The van der Waals surface area contributed by atoms with Gasteiger partial charge in [0.05, 0.1) is 5.69 Å². The van der Waals surface area contributed by atoms with Gasteiger partial charge in [0.25, 0.3) is 0 Å². The highest BCUT2D eigenvalue weighted by Gasteiger charge is 2.15. The van der Waals surface area contributed by atoms with Crippen LogP contribution in [-0.2, 0) is 6.54 Å². The van der Waals surface area contributed by atoms with Crippen LogP contribution in [0.25, 0.3) is 0 Å². The van der Waals surface area contributed by atoms with E-state index in [1.165, 1.54) is 5.56 Å². The van der Waals surface area contributed by atoms with Crippen LogP contribution in [0.3, 0.4) is 0 Å². The van der Waals surface area contributed by atoms with Crippen molar-refractivity contribution < 1.29 is 0 Å². The van der Waals surface area contributed by atoms with E-state index in [9.17, 15) is 0 Å². The quantitative estimate of drug-likeness (QED) is 0.872. The minimum absolute atomic E-state index is 0.230. The van der Waals surface area contributed by atoms with Crippen LogP contribution in [0, 0.1) is 0 Å². The number of nitrogens with two attached hydrogens (primary N) is 1. The van der Waals surface area contributed by atoms with Crippen molar-refractivity contribution in [3.63, 3.8) is 0 Å². The first-order chi connectivity index (χ1) is 8.81. The highest BCUT2D eigenvalue weighted by atomic mass is 15.1. The van der Waals surface area contributed by atoms with E-state index in [0.29, 0.717) is 6.54 Å². The Balaban J connectivity index is 2.09. The smallest absolute Gasteiger partial charge is 0.0544 e. The molecule has 1 heterocycles. The second-order valence-corrected chi connectivity index (χ2v) is 4.40. The van der Waals surface area contributed by atoms with Gasteiger partial charge >= 0.3 is 0 Å². The molecule has 1 aromatic heterocycles. The van der Waals surface area contributed by atoms with Gasteiger partial charge in [-0.3, -0.25) is 9.88 Å². The number of rotatable bonds is 5. The largest absolute Gasteiger partial charge is 0.329 e. The maximum absolute atomic E-state index is 5.90. The molecule has 0 bridgehead atoms. The van der Waals surface area contributed by atoms with Crippen LogP contribution in [0.15, 0.2) is 54.7 Å². The van der Waals surface area contributed by atoms with Crippen molar-refractivity contribution in [3.05, 3.63) is 66.0 Å². The fourth-order valence-corrected chi connectivity index (χ4v) is 2.10. The van der Waals surface area contributed by atoms with E-state index in [4.69, 9.17) is 5.73 Å². The van der Waals surface area contributed by atoms with Crippen LogP contribution in [0.4, 0.5) is 0 Å². The summed E-state index contributed by atoms with van der Waals surface area (Å²) in [6, 6.07) is 16.6. The minimum Gasteiger partial charge on any atom is -0.329 e. The molecule has 3 heteroatoms. The van der Waals surface area contributed by atoms with Crippen molar-refractivity contribution in [2.75, 3.05) is 13.6 Å². The maximum Gasteiger partial charge on any atom is 0.0544 e. The number of hydrogen-bond acceptors (Lipinski definition) is 3. The number of aromatic nitrogens is 1. The van der Waals surface area contributed by atoms with Gasteiger partial charge in [-0.2, -0.15) is 0 Å². The first kappa shape index (κ1) is 12.7. The van der Waals surface area contributed by atoms with Crippen LogP contribution < -0.4 is 5.73 Å². The topological polar surface area (TPSA) is 42.2 Å². The van der Waals surface area contributed by atoms with E-state index in [0.717, 1.165) is 12.2 Å². The molecule has 0 fully saturated rings. The summed E-state index contributed by atoms with van der Waals surface area (Å²) in [5.74, 6) is 0. The first-order valence-electron chi connectivity index (χ1n) is 6.16. The van der Waals surface area contributed by atoms with E-state index in [-0.39, 0.29) is 6.04 Å². The van der Waals surface area contributed by atoms with Gasteiger partial charge in [0, 0.05) is 25.3 Å². The lowest BCUT2D eigenvalue weighted by Crippen LogP contribution is -2.30. The van der Waals surface area contributed by atoms with Crippen LogP contribution in [0.1, 0.15) is 17.3 Å².